The summed E-state index contributed by atoms with van der Waals surface area (Å²) in [4.78, 5) is 4.65. The topological polar surface area (TPSA) is 56.3 Å². The molecule has 0 bridgehead atoms. The van der Waals surface area contributed by atoms with Gasteiger partial charge in [0.2, 0.25) is 0 Å². The summed E-state index contributed by atoms with van der Waals surface area (Å²) in [5, 5.41) is 0. The van der Waals surface area contributed by atoms with E-state index in [1.807, 2.05) is 31.5 Å². The Hall–Kier alpha value is -2.24. The van der Waals surface area contributed by atoms with Gasteiger partial charge in [0.1, 0.15) is 0 Å². The van der Waals surface area contributed by atoms with Gasteiger partial charge in [0.05, 0.1) is 11.0 Å². The van der Waals surface area contributed by atoms with E-state index in [4.69, 9.17) is 4.18 Å². The quantitative estimate of drug-likeness (QED) is 0.329. The molecule has 190 valence electrons. The summed E-state index contributed by atoms with van der Waals surface area (Å²) in [6, 6.07) is 11.2. The van der Waals surface area contributed by atoms with E-state index in [1.165, 1.54) is 29.6 Å². The highest BCUT2D eigenvalue weighted by Crippen LogP contribution is 2.66. The van der Waals surface area contributed by atoms with E-state index in [2.05, 4.69) is 43.1 Å². The van der Waals surface area contributed by atoms with Gasteiger partial charge >= 0.3 is 0 Å². The zero-order valence-electron chi connectivity index (χ0n) is 21.6. The molecule has 5 heteroatoms. The maximum absolute atomic E-state index is 12.9. The normalized spacial score (nSPS) is 35.8. The summed E-state index contributed by atoms with van der Waals surface area (Å²) < 4.78 is 31.7. The molecule has 0 N–H and O–H groups in total. The van der Waals surface area contributed by atoms with Crippen LogP contribution >= 0.6 is 0 Å². The summed E-state index contributed by atoms with van der Waals surface area (Å²) in [5.74, 6) is 2.00. The number of aromatic nitrogens is 1. The maximum Gasteiger partial charge on any atom is 0.297 e. The van der Waals surface area contributed by atoms with Gasteiger partial charge in [0, 0.05) is 12.4 Å². The highest BCUT2D eigenvalue weighted by molar-refractivity contribution is 7.86. The number of rotatable bonds is 4. The molecule has 0 saturated heterocycles. The first-order valence-electron chi connectivity index (χ1n) is 13.5. The van der Waals surface area contributed by atoms with Crippen LogP contribution < -0.4 is 0 Å². The lowest BCUT2D eigenvalue weighted by molar-refractivity contribution is -0.0205. The fourth-order valence-electron chi connectivity index (χ4n) is 8.19. The van der Waals surface area contributed by atoms with Crippen molar-refractivity contribution in [3.05, 3.63) is 77.6 Å². The molecule has 1 heterocycles. The molecule has 4 aliphatic rings. The van der Waals surface area contributed by atoms with Crippen molar-refractivity contribution in [3.63, 3.8) is 0 Å². The molecule has 4 nitrogen and oxygen atoms in total. The van der Waals surface area contributed by atoms with Crippen LogP contribution in [0.15, 0.2) is 71.4 Å². The van der Waals surface area contributed by atoms with Crippen molar-refractivity contribution in [2.24, 2.45) is 28.6 Å². The highest BCUT2D eigenvalue weighted by atomic mass is 32.2. The second-order valence-corrected chi connectivity index (χ2v) is 13.6. The number of aryl methyl sites for hydroxylation is 1. The molecule has 2 aromatic rings. The van der Waals surface area contributed by atoms with E-state index in [0.717, 1.165) is 37.7 Å². The van der Waals surface area contributed by atoms with Crippen LogP contribution in [0.5, 0.6) is 0 Å². The summed E-state index contributed by atoms with van der Waals surface area (Å²) in [6.07, 6.45) is 15.8. The van der Waals surface area contributed by atoms with Crippen LogP contribution in [0.3, 0.4) is 0 Å². The molecule has 6 rings (SSSR count). The monoisotopic (exact) mass is 503 g/mol. The summed E-state index contributed by atoms with van der Waals surface area (Å²) in [6.45, 7) is 6.90. The molecular formula is C31H37NO3S. The standard InChI is InChI=1S/C31H37NO3S/c1-21-6-9-25(10-7-21)36(33,34)35-24-14-16-30(2)23(19-24)8-11-26-28-13-12-27(22-5-4-18-32-20-22)31(28,3)17-15-29(26)30/h4-10,12,18,20,24,26,28-29H,11,13-17,19H2,1-3H3/t24-,26-,28-,29-,30-,31+/m0/s1. The fraction of sp³-hybridized carbons (Fsp3) is 0.516. The van der Waals surface area contributed by atoms with Gasteiger partial charge in [-0.05, 0) is 110 Å². The van der Waals surface area contributed by atoms with Gasteiger partial charge in [-0.15, -0.1) is 0 Å². The predicted octanol–water partition coefficient (Wildman–Crippen LogP) is 7.12. The molecule has 6 atom stereocenters. The summed E-state index contributed by atoms with van der Waals surface area (Å²) in [7, 11) is -3.75. The van der Waals surface area contributed by atoms with Gasteiger partial charge in [-0.25, -0.2) is 0 Å². The van der Waals surface area contributed by atoms with Gasteiger partial charge in [-0.3, -0.25) is 9.17 Å². The first kappa shape index (κ1) is 24.1. The van der Waals surface area contributed by atoms with Crippen molar-refractivity contribution in [1.29, 1.82) is 0 Å². The molecule has 0 amide bonds. The number of hydrogen-bond donors (Lipinski definition) is 0. The average Bonchev–Trinajstić information content (AvgIpc) is 3.22. The van der Waals surface area contributed by atoms with Gasteiger partial charge in [-0.1, -0.05) is 55.3 Å². The Labute approximate surface area is 216 Å². The van der Waals surface area contributed by atoms with E-state index in [1.54, 1.807) is 12.1 Å². The van der Waals surface area contributed by atoms with Gasteiger partial charge in [0.25, 0.3) is 10.1 Å². The molecule has 2 fully saturated rings. The number of fused-ring (bicyclic) bond motifs is 5. The lowest BCUT2D eigenvalue weighted by atomic mass is 9.47. The second-order valence-electron chi connectivity index (χ2n) is 12.0. The van der Waals surface area contributed by atoms with E-state index in [0.29, 0.717) is 17.8 Å². The summed E-state index contributed by atoms with van der Waals surface area (Å²) in [5.41, 5.74) is 5.62. The number of benzene rings is 1. The van der Waals surface area contributed by atoms with E-state index in [9.17, 15) is 8.42 Å². The number of hydrogen-bond acceptors (Lipinski definition) is 4. The Bertz CT molecular complexity index is 1310. The first-order chi connectivity index (χ1) is 17.2. The first-order valence-corrected chi connectivity index (χ1v) is 14.9. The Balaban J connectivity index is 1.20. The van der Waals surface area contributed by atoms with Gasteiger partial charge in [0.15, 0.2) is 0 Å². The number of pyridine rings is 1. The zero-order valence-corrected chi connectivity index (χ0v) is 22.4. The molecule has 1 aromatic heterocycles. The van der Waals surface area contributed by atoms with Crippen molar-refractivity contribution in [2.75, 3.05) is 0 Å². The summed E-state index contributed by atoms with van der Waals surface area (Å²) >= 11 is 0. The van der Waals surface area contributed by atoms with Crippen molar-refractivity contribution in [3.8, 4) is 0 Å². The third-order valence-corrected chi connectivity index (χ3v) is 11.6. The predicted molar refractivity (Wildman–Crippen MR) is 143 cm³/mol. The maximum atomic E-state index is 12.9. The second kappa shape index (κ2) is 8.66. The fourth-order valence-corrected chi connectivity index (χ4v) is 9.29. The SMILES string of the molecule is Cc1ccc(S(=O)(=O)O[C@H]2CC[C@@]3(C)C(=CC[C@@H]4[C@@H]3CC[C@]3(C)C(c5cccnc5)=CC[C@@H]43)C2)cc1. The van der Waals surface area contributed by atoms with Gasteiger partial charge in [-0.2, -0.15) is 8.42 Å². The van der Waals surface area contributed by atoms with Crippen LogP contribution in [0.1, 0.15) is 69.9 Å². The molecule has 0 aliphatic heterocycles. The van der Waals surface area contributed by atoms with E-state index >= 15 is 0 Å². The molecule has 36 heavy (non-hydrogen) atoms. The third-order valence-electron chi connectivity index (χ3n) is 10.2. The van der Waals surface area contributed by atoms with Crippen molar-refractivity contribution >= 4 is 15.7 Å². The number of allylic oxidation sites excluding steroid dienone is 3. The smallest absolute Gasteiger partial charge is 0.264 e. The van der Waals surface area contributed by atoms with Crippen LogP contribution in [0.4, 0.5) is 0 Å². The van der Waals surface area contributed by atoms with Crippen LogP contribution in [-0.4, -0.2) is 19.5 Å². The van der Waals surface area contributed by atoms with Crippen LogP contribution in [0.25, 0.3) is 5.57 Å². The average molecular weight is 504 g/mol. The lowest BCUT2D eigenvalue weighted by Crippen LogP contribution is -2.50. The molecule has 0 spiro atoms. The molecule has 0 unspecified atom stereocenters. The van der Waals surface area contributed by atoms with Crippen LogP contribution in [-0.2, 0) is 14.3 Å². The molecule has 1 aromatic carbocycles. The van der Waals surface area contributed by atoms with Crippen LogP contribution in [0, 0.1) is 35.5 Å². The third kappa shape index (κ3) is 3.81. The highest BCUT2D eigenvalue weighted by Gasteiger charge is 2.57. The van der Waals surface area contributed by atoms with E-state index < -0.39 is 10.1 Å². The zero-order chi connectivity index (χ0) is 25.1. The Morgan fingerprint density at radius 1 is 0.944 bits per heavy atom. The van der Waals surface area contributed by atoms with E-state index in [-0.39, 0.29) is 21.8 Å². The minimum Gasteiger partial charge on any atom is -0.264 e. The Kier molecular flexibility index (Phi) is 5.80. The lowest BCUT2D eigenvalue weighted by Gasteiger charge is -2.57. The Morgan fingerprint density at radius 3 is 2.47 bits per heavy atom. The van der Waals surface area contributed by atoms with Crippen molar-refractivity contribution in [2.45, 2.75) is 76.7 Å². The van der Waals surface area contributed by atoms with Crippen molar-refractivity contribution < 1.29 is 12.6 Å². The largest absolute Gasteiger partial charge is 0.297 e. The molecule has 0 radical (unpaired) electrons. The van der Waals surface area contributed by atoms with Crippen molar-refractivity contribution in [1.82, 2.24) is 4.98 Å². The molecule has 4 aliphatic carbocycles. The molecular weight excluding hydrogens is 466 g/mol. The van der Waals surface area contributed by atoms with Gasteiger partial charge < -0.3 is 0 Å². The molecule has 2 saturated carbocycles. The minimum atomic E-state index is -3.75. The number of nitrogens with zero attached hydrogens (tertiary/aromatic N) is 1. The minimum absolute atomic E-state index is 0.148. The van der Waals surface area contributed by atoms with Crippen LogP contribution in [0.2, 0.25) is 0 Å². The Morgan fingerprint density at radius 2 is 1.72 bits per heavy atom.